The lowest BCUT2D eigenvalue weighted by molar-refractivity contribution is 0.102. The summed E-state index contributed by atoms with van der Waals surface area (Å²) in [5.74, 6) is -3.31. The van der Waals surface area contributed by atoms with E-state index in [1.165, 1.54) is 12.1 Å². The number of sulfone groups is 1. The molecular weight excluding hydrogens is 418 g/mol. The number of carbonyl (C=O) groups excluding carboxylic acids is 1. The molecule has 0 fully saturated rings. The summed E-state index contributed by atoms with van der Waals surface area (Å²) in [5.41, 5.74) is 1.71. The zero-order valence-electron chi connectivity index (χ0n) is 15.0. The number of hydrogen-bond donors (Lipinski definition) is 1. The first kappa shape index (κ1) is 20.9. The van der Waals surface area contributed by atoms with Crippen LogP contribution in [0.5, 0.6) is 0 Å². The monoisotopic (exact) mass is 434 g/mol. The fourth-order valence-electron chi connectivity index (χ4n) is 2.43. The van der Waals surface area contributed by atoms with Crippen LogP contribution < -0.4 is 5.32 Å². The molecule has 1 aromatic heterocycles. The third kappa shape index (κ3) is 5.39. The minimum Gasteiger partial charge on any atom is -0.322 e. The zero-order chi connectivity index (χ0) is 20.9. The third-order valence-corrected chi connectivity index (χ3v) is 6.30. The van der Waals surface area contributed by atoms with Crippen molar-refractivity contribution in [3.8, 4) is 0 Å². The van der Waals surface area contributed by atoms with Gasteiger partial charge in [0.2, 0.25) is 9.84 Å². The molecule has 0 atom stereocenters. The first-order valence-electron chi connectivity index (χ1n) is 8.42. The Labute approximate surface area is 171 Å². The highest BCUT2D eigenvalue weighted by molar-refractivity contribution is 7.98. The molecule has 150 valence electrons. The minimum atomic E-state index is -4.69. The van der Waals surface area contributed by atoms with Gasteiger partial charge in [0.1, 0.15) is 0 Å². The molecule has 0 unspecified atom stereocenters. The SMILES string of the molecule is O=C(Nc1cccc(CSc2ccccn2)c1)c1ccc(S(=O)(=O)C(F)F)cc1. The molecule has 0 bridgehead atoms. The van der Waals surface area contributed by atoms with Gasteiger partial charge in [-0.3, -0.25) is 4.79 Å². The van der Waals surface area contributed by atoms with Crippen molar-refractivity contribution in [3.05, 3.63) is 84.1 Å². The molecule has 29 heavy (non-hydrogen) atoms. The van der Waals surface area contributed by atoms with Crippen molar-refractivity contribution in [2.45, 2.75) is 21.4 Å². The van der Waals surface area contributed by atoms with Gasteiger partial charge in [-0.15, -0.1) is 11.8 Å². The fourth-order valence-corrected chi connectivity index (χ4v) is 3.96. The van der Waals surface area contributed by atoms with Gasteiger partial charge >= 0.3 is 5.76 Å². The summed E-state index contributed by atoms with van der Waals surface area (Å²) in [7, 11) is -4.69. The van der Waals surface area contributed by atoms with E-state index in [1.54, 1.807) is 24.0 Å². The van der Waals surface area contributed by atoms with Crippen molar-refractivity contribution < 1.29 is 22.0 Å². The smallest absolute Gasteiger partial charge is 0.322 e. The first-order chi connectivity index (χ1) is 13.9. The first-order valence-corrected chi connectivity index (χ1v) is 11.0. The number of alkyl halides is 2. The molecule has 1 heterocycles. The van der Waals surface area contributed by atoms with E-state index in [9.17, 15) is 22.0 Å². The van der Waals surface area contributed by atoms with Gasteiger partial charge in [0.15, 0.2) is 0 Å². The summed E-state index contributed by atoms with van der Waals surface area (Å²) in [4.78, 5) is 16.1. The number of carbonyl (C=O) groups is 1. The summed E-state index contributed by atoms with van der Waals surface area (Å²) in [5, 5.41) is 3.61. The van der Waals surface area contributed by atoms with Crippen molar-refractivity contribution in [2.24, 2.45) is 0 Å². The molecule has 0 radical (unpaired) electrons. The summed E-state index contributed by atoms with van der Waals surface area (Å²) in [6, 6.07) is 17.3. The average molecular weight is 434 g/mol. The molecule has 0 spiro atoms. The Bertz CT molecular complexity index is 1090. The fraction of sp³-hybridized carbons (Fsp3) is 0.100. The van der Waals surface area contributed by atoms with E-state index in [4.69, 9.17) is 0 Å². The van der Waals surface area contributed by atoms with Crippen molar-refractivity contribution >= 4 is 33.2 Å². The Morgan fingerprint density at radius 2 is 1.79 bits per heavy atom. The lowest BCUT2D eigenvalue weighted by atomic mass is 10.2. The van der Waals surface area contributed by atoms with Gasteiger partial charge in [-0.2, -0.15) is 8.78 Å². The van der Waals surface area contributed by atoms with Gasteiger partial charge < -0.3 is 5.32 Å². The van der Waals surface area contributed by atoms with Crippen molar-refractivity contribution in [2.75, 3.05) is 5.32 Å². The molecule has 0 saturated heterocycles. The Kier molecular flexibility index (Phi) is 6.60. The maximum absolute atomic E-state index is 12.6. The van der Waals surface area contributed by atoms with Gasteiger partial charge in [0, 0.05) is 23.2 Å². The lowest BCUT2D eigenvalue weighted by Crippen LogP contribution is -2.14. The van der Waals surface area contributed by atoms with E-state index < -0.39 is 26.4 Å². The zero-order valence-corrected chi connectivity index (χ0v) is 16.6. The molecule has 0 aliphatic rings. The van der Waals surface area contributed by atoms with Gasteiger partial charge in [0.25, 0.3) is 5.91 Å². The van der Waals surface area contributed by atoms with Crippen LogP contribution in [0.2, 0.25) is 0 Å². The van der Waals surface area contributed by atoms with Crippen molar-refractivity contribution in [1.29, 1.82) is 0 Å². The number of halogens is 2. The van der Waals surface area contributed by atoms with E-state index >= 15 is 0 Å². The predicted octanol–water partition coefficient (Wildman–Crippen LogP) is 4.62. The van der Waals surface area contributed by atoms with Crippen molar-refractivity contribution in [3.63, 3.8) is 0 Å². The molecule has 1 amide bonds. The number of nitrogens with one attached hydrogen (secondary N) is 1. The van der Waals surface area contributed by atoms with Crippen LogP contribution in [0.25, 0.3) is 0 Å². The highest BCUT2D eigenvalue weighted by atomic mass is 32.2. The van der Waals surface area contributed by atoms with E-state index in [1.807, 2.05) is 36.4 Å². The maximum Gasteiger partial charge on any atom is 0.341 e. The normalized spacial score (nSPS) is 11.4. The van der Waals surface area contributed by atoms with Crippen molar-refractivity contribution in [1.82, 2.24) is 4.98 Å². The second-order valence-electron chi connectivity index (χ2n) is 5.94. The molecule has 5 nitrogen and oxygen atoms in total. The molecular formula is C20H16F2N2O3S2. The second kappa shape index (κ2) is 9.15. The van der Waals surface area contributed by atoms with Gasteiger partial charge in [-0.05, 0) is 54.1 Å². The Morgan fingerprint density at radius 3 is 2.45 bits per heavy atom. The molecule has 2 aromatic carbocycles. The largest absolute Gasteiger partial charge is 0.341 e. The van der Waals surface area contributed by atoms with E-state index in [0.29, 0.717) is 11.4 Å². The number of benzene rings is 2. The summed E-state index contributed by atoms with van der Waals surface area (Å²) < 4.78 is 48.1. The molecule has 3 rings (SSSR count). The number of aromatic nitrogens is 1. The second-order valence-corrected chi connectivity index (χ2v) is 8.85. The summed E-state index contributed by atoms with van der Waals surface area (Å²) >= 11 is 1.56. The Morgan fingerprint density at radius 1 is 1.03 bits per heavy atom. The number of pyridine rings is 1. The van der Waals surface area contributed by atoms with Crippen LogP contribution in [0.15, 0.2) is 82.8 Å². The van der Waals surface area contributed by atoms with Crippen LogP contribution >= 0.6 is 11.8 Å². The van der Waals surface area contributed by atoms with Crippen LogP contribution in [0.3, 0.4) is 0 Å². The third-order valence-electron chi connectivity index (χ3n) is 3.89. The average Bonchev–Trinajstić information content (AvgIpc) is 2.73. The Balaban J connectivity index is 1.66. The van der Waals surface area contributed by atoms with Crippen LogP contribution in [0.1, 0.15) is 15.9 Å². The van der Waals surface area contributed by atoms with Crippen LogP contribution in [0, 0.1) is 0 Å². The topological polar surface area (TPSA) is 76.1 Å². The number of nitrogens with zero attached hydrogens (tertiary/aromatic N) is 1. The van der Waals surface area contributed by atoms with E-state index in [-0.39, 0.29) is 5.56 Å². The van der Waals surface area contributed by atoms with Gasteiger partial charge in [0.05, 0.1) is 9.92 Å². The molecule has 3 aromatic rings. The number of amides is 1. The number of thioether (sulfide) groups is 1. The number of hydrogen-bond acceptors (Lipinski definition) is 5. The quantitative estimate of drug-likeness (QED) is 0.549. The van der Waals surface area contributed by atoms with Crippen LogP contribution in [-0.2, 0) is 15.6 Å². The van der Waals surface area contributed by atoms with Crippen LogP contribution in [-0.4, -0.2) is 25.1 Å². The molecule has 0 aliphatic heterocycles. The predicted molar refractivity (Wildman–Crippen MR) is 108 cm³/mol. The van der Waals surface area contributed by atoms with E-state index in [2.05, 4.69) is 10.3 Å². The standard InChI is InChI=1S/C20H16F2N2O3S2/c21-20(22)29(26,27)17-9-7-15(8-10-17)19(25)24-16-5-3-4-14(12-16)13-28-18-6-1-2-11-23-18/h1-12,20H,13H2,(H,24,25). The van der Waals surface area contributed by atoms with E-state index in [0.717, 1.165) is 22.7 Å². The highest BCUT2D eigenvalue weighted by Gasteiger charge is 2.26. The minimum absolute atomic E-state index is 0.159. The summed E-state index contributed by atoms with van der Waals surface area (Å²) in [6.07, 6.45) is 1.72. The molecule has 9 heteroatoms. The Hall–Kier alpha value is -2.78. The number of rotatable bonds is 7. The maximum atomic E-state index is 12.6. The van der Waals surface area contributed by atoms with Gasteiger partial charge in [-0.1, -0.05) is 18.2 Å². The highest BCUT2D eigenvalue weighted by Crippen LogP contribution is 2.23. The van der Waals surface area contributed by atoms with Gasteiger partial charge in [-0.25, -0.2) is 13.4 Å². The van der Waals surface area contributed by atoms with Crippen LogP contribution in [0.4, 0.5) is 14.5 Å². The number of anilines is 1. The molecule has 1 N–H and O–H groups in total. The summed E-state index contributed by atoms with van der Waals surface area (Å²) in [6.45, 7) is 0. The molecule has 0 saturated carbocycles. The lowest BCUT2D eigenvalue weighted by Gasteiger charge is -2.08. The molecule has 0 aliphatic carbocycles.